The lowest BCUT2D eigenvalue weighted by molar-refractivity contribution is 0.0696. The molecule has 0 aliphatic heterocycles. The van der Waals surface area contributed by atoms with E-state index in [0.29, 0.717) is 16.3 Å². The molecule has 0 saturated heterocycles. The van der Waals surface area contributed by atoms with Crippen LogP contribution >= 0.6 is 11.6 Å². The topological polar surface area (TPSA) is 82.2 Å². The fraction of sp³-hybridized carbons (Fsp3) is 0.0769. The molecule has 0 aliphatic carbocycles. The minimum Gasteiger partial charge on any atom is -0.478 e. The second kappa shape index (κ2) is 5.58. The van der Waals surface area contributed by atoms with Crippen molar-refractivity contribution in [3.63, 3.8) is 0 Å². The van der Waals surface area contributed by atoms with Gasteiger partial charge in [-0.3, -0.25) is 4.79 Å². The van der Waals surface area contributed by atoms with Crippen LogP contribution in [-0.2, 0) is 6.54 Å². The molecule has 2 rings (SSSR count). The van der Waals surface area contributed by atoms with E-state index >= 15 is 0 Å². The summed E-state index contributed by atoms with van der Waals surface area (Å²) in [5, 5.41) is 12.0. The van der Waals surface area contributed by atoms with Crippen molar-refractivity contribution in [1.82, 2.24) is 10.3 Å². The third kappa shape index (κ3) is 3.35. The van der Waals surface area contributed by atoms with Crippen molar-refractivity contribution < 1.29 is 14.7 Å². The van der Waals surface area contributed by atoms with E-state index in [1.54, 1.807) is 12.1 Å². The van der Waals surface area contributed by atoms with E-state index in [1.165, 1.54) is 24.4 Å². The molecule has 0 atom stereocenters. The smallest absolute Gasteiger partial charge is 0.335 e. The molecule has 19 heavy (non-hydrogen) atoms. The van der Waals surface area contributed by atoms with E-state index in [0.717, 1.165) is 0 Å². The van der Waals surface area contributed by atoms with Gasteiger partial charge < -0.3 is 15.4 Å². The highest BCUT2D eigenvalue weighted by Crippen LogP contribution is 2.10. The molecule has 1 aromatic carbocycles. The first-order chi connectivity index (χ1) is 9.06. The Hall–Kier alpha value is -2.27. The lowest BCUT2D eigenvalue weighted by Crippen LogP contribution is -2.23. The van der Waals surface area contributed by atoms with Gasteiger partial charge in [-0.1, -0.05) is 23.7 Å². The molecule has 0 bridgehead atoms. The predicted molar refractivity (Wildman–Crippen MR) is 70.4 cm³/mol. The Kier molecular flexibility index (Phi) is 3.87. The molecule has 0 fully saturated rings. The Labute approximate surface area is 114 Å². The summed E-state index contributed by atoms with van der Waals surface area (Å²) in [6.07, 6.45) is 1.52. The maximum Gasteiger partial charge on any atom is 0.335 e. The molecule has 0 spiro atoms. The Balaban J connectivity index is 2.01. The lowest BCUT2D eigenvalue weighted by atomic mass is 10.1. The normalized spacial score (nSPS) is 10.2. The molecule has 6 heteroatoms. The SMILES string of the molecule is O=C(O)c1cccc(CNC(=O)c2cc(Cl)c[nH]2)c1. The number of aromatic nitrogens is 1. The standard InChI is InChI=1S/C13H11ClN2O3/c14-10-5-11(15-7-10)12(17)16-6-8-2-1-3-9(4-8)13(18)19/h1-5,7,15H,6H2,(H,16,17)(H,18,19). The summed E-state index contributed by atoms with van der Waals surface area (Å²) in [5.41, 5.74) is 1.26. The largest absolute Gasteiger partial charge is 0.478 e. The van der Waals surface area contributed by atoms with Gasteiger partial charge in [0.25, 0.3) is 5.91 Å². The highest BCUT2D eigenvalue weighted by atomic mass is 35.5. The molecule has 0 saturated carbocycles. The van der Waals surface area contributed by atoms with Gasteiger partial charge in [0.1, 0.15) is 5.69 Å². The molecule has 3 N–H and O–H groups in total. The average Bonchev–Trinajstić information content (AvgIpc) is 2.83. The number of nitrogens with one attached hydrogen (secondary N) is 2. The number of H-pyrrole nitrogens is 1. The minimum atomic E-state index is -0.996. The average molecular weight is 279 g/mol. The molecule has 1 heterocycles. The molecule has 0 unspecified atom stereocenters. The summed E-state index contributed by atoms with van der Waals surface area (Å²) in [5.74, 6) is -1.29. The van der Waals surface area contributed by atoms with Crippen LogP contribution in [0.15, 0.2) is 36.5 Å². The first kappa shape index (κ1) is 13.2. The van der Waals surface area contributed by atoms with E-state index in [4.69, 9.17) is 16.7 Å². The Morgan fingerprint density at radius 1 is 1.32 bits per heavy atom. The zero-order valence-electron chi connectivity index (χ0n) is 9.81. The summed E-state index contributed by atoms with van der Waals surface area (Å²) >= 11 is 5.70. The van der Waals surface area contributed by atoms with Crippen molar-refractivity contribution in [2.24, 2.45) is 0 Å². The second-order valence-electron chi connectivity index (χ2n) is 3.92. The quantitative estimate of drug-likeness (QED) is 0.802. The van der Waals surface area contributed by atoms with Gasteiger partial charge in [-0.25, -0.2) is 4.79 Å². The Morgan fingerprint density at radius 2 is 2.11 bits per heavy atom. The lowest BCUT2D eigenvalue weighted by Gasteiger charge is -2.04. The monoisotopic (exact) mass is 278 g/mol. The molecule has 1 aromatic heterocycles. The van der Waals surface area contributed by atoms with Crippen LogP contribution in [0.3, 0.4) is 0 Å². The fourth-order valence-electron chi connectivity index (χ4n) is 1.59. The number of aromatic carboxylic acids is 1. The maximum absolute atomic E-state index is 11.7. The van der Waals surface area contributed by atoms with Gasteiger partial charge >= 0.3 is 5.97 Å². The Morgan fingerprint density at radius 3 is 2.74 bits per heavy atom. The van der Waals surface area contributed by atoms with Crippen LogP contribution in [0.4, 0.5) is 0 Å². The number of rotatable bonds is 4. The molecule has 98 valence electrons. The third-order valence-electron chi connectivity index (χ3n) is 2.52. The van der Waals surface area contributed by atoms with Gasteiger partial charge in [-0.15, -0.1) is 0 Å². The van der Waals surface area contributed by atoms with E-state index in [-0.39, 0.29) is 18.0 Å². The molecule has 5 nitrogen and oxygen atoms in total. The van der Waals surface area contributed by atoms with Crippen LogP contribution in [0.25, 0.3) is 0 Å². The van der Waals surface area contributed by atoms with Gasteiger partial charge in [0.2, 0.25) is 0 Å². The zero-order valence-corrected chi connectivity index (χ0v) is 10.6. The van der Waals surface area contributed by atoms with E-state index in [1.807, 2.05) is 0 Å². The minimum absolute atomic E-state index is 0.190. The summed E-state index contributed by atoms with van der Waals surface area (Å²) in [6.45, 7) is 0.247. The number of carboxylic acid groups (broad SMARTS) is 1. The van der Waals surface area contributed by atoms with Crippen LogP contribution in [0.2, 0.25) is 5.02 Å². The summed E-state index contributed by atoms with van der Waals surface area (Å²) in [4.78, 5) is 25.3. The number of hydrogen-bond acceptors (Lipinski definition) is 2. The zero-order chi connectivity index (χ0) is 13.8. The number of hydrogen-bond donors (Lipinski definition) is 3. The first-order valence-electron chi connectivity index (χ1n) is 5.50. The predicted octanol–water partition coefficient (Wildman–Crippen LogP) is 2.30. The van der Waals surface area contributed by atoms with Crippen molar-refractivity contribution in [3.8, 4) is 0 Å². The number of aromatic amines is 1. The van der Waals surface area contributed by atoms with Crippen molar-refractivity contribution >= 4 is 23.5 Å². The highest BCUT2D eigenvalue weighted by Gasteiger charge is 2.08. The van der Waals surface area contributed by atoms with Gasteiger partial charge in [0, 0.05) is 12.7 Å². The van der Waals surface area contributed by atoms with E-state index in [9.17, 15) is 9.59 Å². The summed E-state index contributed by atoms with van der Waals surface area (Å²) in [6, 6.07) is 7.91. The molecular formula is C13H11ClN2O3. The van der Waals surface area contributed by atoms with Gasteiger partial charge in [0.05, 0.1) is 10.6 Å². The highest BCUT2D eigenvalue weighted by molar-refractivity contribution is 6.30. The number of carbonyl (C=O) groups excluding carboxylic acids is 1. The van der Waals surface area contributed by atoms with Crippen LogP contribution in [0.1, 0.15) is 26.4 Å². The van der Waals surface area contributed by atoms with Crippen molar-refractivity contribution in [1.29, 1.82) is 0 Å². The number of carboxylic acids is 1. The van der Waals surface area contributed by atoms with Crippen molar-refractivity contribution in [2.75, 3.05) is 0 Å². The van der Waals surface area contributed by atoms with Crippen molar-refractivity contribution in [3.05, 3.63) is 58.4 Å². The fourth-order valence-corrected chi connectivity index (χ4v) is 1.75. The van der Waals surface area contributed by atoms with Gasteiger partial charge in [-0.05, 0) is 23.8 Å². The van der Waals surface area contributed by atoms with Crippen LogP contribution in [-0.4, -0.2) is 22.0 Å². The van der Waals surface area contributed by atoms with Crippen molar-refractivity contribution in [2.45, 2.75) is 6.54 Å². The van der Waals surface area contributed by atoms with E-state index in [2.05, 4.69) is 10.3 Å². The Bertz CT molecular complexity index is 622. The molecule has 1 amide bonds. The van der Waals surface area contributed by atoms with Crippen LogP contribution in [0, 0.1) is 0 Å². The first-order valence-corrected chi connectivity index (χ1v) is 5.88. The molecule has 2 aromatic rings. The summed E-state index contributed by atoms with van der Waals surface area (Å²) in [7, 11) is 0. The maximum atomic E-state index is 11.7. The molecule has 0 radical (unpaired) electrons. The number of benzene rings is 1. The molecular weight excluding hydrogens is 268 g/mol. The van der Waals surface area contributed by atoms with Crippen LogP contribution in [0.5, 0.6) is 0 Å². The number of halogens is 1. The summed E-state index contributed by atoms with van der Waals surface area (Å²) < 4.78 is 0. The third-order valence-corrected chi connectivity index (χ3v) is 2.74. The second-order valence-corrected chi connectivity index (χ2v) is 4.36. The van der Waals surface area contributed by atoms with Gasteiger partial charge in [0.15, 0.2) is 0 Å². The van der Waals surface area contributed by atoms with Crippen LogP contribution < -0.4 is 5.32 Å². The molecule has 0 aliphatic rings. The number of amides is 1. The van der Waals surface area contributed by atoms with E-state index < -0.39 is 5.97 Å². The van der Waals surface area contributed by atoms with Gasteiger partial charge in [-0.2, -0.15) is 0 Å². The number of carbonyl (C=O) groups is 2.